The number of nitrogens with zero attached hydrogens (tertiary/aromatic N) is 5. The van der Waals surface area contributed by atoms with E-state index in [2.05, 4.69) is 30.4 Å². The summed E-state index contributed by atoms with van der Waals surface area (Å²) in [4.78, 5) is 15.1. The van der Waals surface area contributed by atoms with Gasteiger partial charge in [-0.25, -0.2) is 5.43 Å². The van der Waals surface area contributed by atoms with Crippen LogP contribution in [0.25, 0.3) is 0 Å². The van der Waals surface area contributed by atoms with Gasteiger partial charge in [0.25, 0.3) is 5.95 Å². The van der Waals surface area contributed by atoms with Crippen LogP contribution in [0.5, 0.6) is 6.01 Å². The van der Waals surface area contributed by atoms with Crippen molar-refractivity contribution in [1.82, 2.24) is 15.0 Å². The van der Waals surface area contributed by atoms with Crippen LogP contribution in [-0.4, -0.2) is 41.4 Å². The molecule has 0 radical (unpaired) electrons. The number of hydrogen-bond donors (Lipinski definition) is 1. The van der Waals surface area contributed by atoms with Gasteiger partial charge in [-0.3, -0.25) is 0 Å². The van der Waals surface area contributed by atoms with Gasteiger partial charge in [-0.15, -0.1) is 0 Å². The molecule has 7 nitrogen and oxygen atoms in total. The molecule has 0 spiro atoms. The Morgan fingerprint density at radius 3 is 2.79 bits per heavy atom. The van der Waals surface area contributed by atoms with E-state index < -0.39 is 0 Å². The first-order chi connectivity index (χ1) is 11.7. The van der Waals surface area contributed by atoms with E-state index in [0.29, 0.717) is 16.9 Å². The SMILES string of the molecule is COc1nc(N/N=C\c2cccc(Cl)c2)nc(N2CCCCC2)n1. The van der Waals surface area contributed by atoms with Gasteiger partial charge in [0.1, 0.15) is 0 Å². The van der Waals surface area contributed by atoms with Crippen LogP contribution in [0, 0.1) is 0 Å². The van der Waals surface area contributed by atoms with Gasteiger partial charge in [0.15, 0.2) is 0 Å². The molecule has 2 heterocycles. The highest BCUT2D eigenvalue weighted by Gasteiger charge is 2.16. The monoisotopic (exact) mass is 346 g/mol. The molecule has 1 fully saturated rings. The van der Waals surface area contributed by atoms with Gasteiger partial charge < -0.3 is 9.64 Å². The fourth-order valence-corrected chi connectivity index (χ4v) is 2.67. The van der Waals surface area contributed by atoms with Crippen molar-refractivity contribution in [3.63, 3.8) is 0 Å². The second kappa shape index (κ2) is 7.92. The lowest BCUT2D eigenvalue weighted by molar-refractivity contribution is 0.378. The van der Waals surface area contributed by atoms with Crippen molar-refractivity contribution in [2.45, 2.75) is 19.3 Å². The summed E-state index contributed by atoms with van der Waals surface area (Å²) in [5.41, 5.74) is 3.71. The van der Waals surface area contributed by atoms with Gasteiger partial charge >= 0.3 is 6.01 Å². The van der Waals surface area contributed by atoms with E-state index in [9.17, 15) is 0 Å². The number of rotatable bonds is 5. The molecule has 0 bridgehead atoms. The molecule has 1 aromatic carbocycles. The normalized spacial score (nSPS) is 14.8. The molecular weight excluding hydrogens is 328 g/mol. The van der Waals surface area contributed by atoms with Crippen LogP contribution in [0.4, 0.5) is 11.9 Å². The number of halogens is 1. The lowest BCUT2D eigenvalue weighted by Crippen LogP contribution is -2.31. The van der Waals surface area contributed by atoms with Gasteiger partial charge in [0, 0.05) is 18.1 Å². The topological polar surface area (TPSA) is 75.5 Å². The summed E-state index contributed by atoms with van der Waals surface area (Å²) < 4.78 is 5.17. The zero-order valence-corrected chi connectivity index (χ0v) is 14.2. The molecule has 1 aliphatic heterocycles. The van der Waals surface area contributed by atoms with Crippen LogP contribution in [0.15, 0.2) is 29.4 Å². The fourth-order valence-electron chi connectivity index (χ4n) is 2.47. The second-order valence-corrected chi connectivity index (χ2v) is 5.85. The Hall–Kier alpha value is -2.41. The predicted octanol–water partition coefficient (Wildman–Crippen LogP) is 2.97. The average Bonchev–Trinajstić information content (AvgIpc) is 2.62. The quantitative estimate of drug-likeness (QED) is 0.662. The lowest BCUT2D eigenvalue weighted by Gasteiger charge is -2.26. The summed E-state index contributed by atoms with van der Waals surface area (Å²) in [5, 5.41) is 4.81. The molecule has 0 atom stereocenters. The molecular formula is C16H19ClN6O. The number of hydrazone groups is 1. The van der Waals surface area contributed by atoms with Crippen LogP contribution in [0.1, 0.15) is 24.8 Å². The van der Waals surface area contributed by atoms with E-state index in [1.807, 2.05) is 24.3 Å². The van der Waals surface area contributed by atoms with Crippen molar-refractivity contribution in [3.05, 3.63) is 34.9 Å². The number of ether oxygens (including phenoxy) is 1. The van der Waals surface area contributed by atoms with Crippen LogP contribution in [-0.2, 0) is 0 Å². The predicted molar refractivity (Wildman–Crippen MR) is 95.1 cm³/mol. The summed E-state index contributed by atoms with van der Waals surface area (Å²) in [6, 6.07) is 7.67. The molecule has 0 amide bonds. The van der Waals surface area contributed by atoms with Crippen molar-refractivity contribution in [2.24, 2.45) is 5.10 Å². The molecule has 1 aromatic heterocycles. The largest absolute Gasteiger partial charge is 0.467 e. The van der Waals surface area contributed by atoms with Gasteiger partial charge in [0.2, 0.25) is 5.95 Å². The second-order valence-electron chi connectivity index (χ2n) is 5.42. The average molecular weight is 347 g/mol. The molecule has 1 aliphatic rings. The number of nitrogens with one attached hydrogen (secondary N) is 1. The van der Waals surface area contributed by atoms with Crippen molar-refractivity contribution in [3.8, 4) is 6.01 Å². The Morgan fingerprint density at radius 1 is 1.21 bits per heavy atom. The summed E-state index contributed by atoms with van der Waals surface area (Å²) >= 11 is 5.95. The number of hydrogen-bond acceptors (Lipinski definition) is 7. The molecule has 0 unspecified atom stereocenters. The number of benzene rings is 1. The zero-order valence-electron chi connectivity index (χ0n) is 13.4. The minimum Gasteiger partial charge on any atom is -0.467 e. The van der Waals surface area contributed by atoms with Crippen LogP contribution in [0.2, 0.25) is 5.02 Å². The highest BCUT2D eigenvalue weighted by Crippen LogP contribution is 2.19. The summed E-state index contributed by atoms with van der Waals surface area (Å²) in [6.45, 7) is 1.89. The van der Waals surface area contributed by atoms with Gasteiger partial charge in [-0.1, -0.05) is 23.7 Å². The van der Waals surface area contributed by atoms with Gasteiger partial charge in [-0.05, 0) is 37.0 Å². The summed E-state index contributed by atoms with van der Waals surface area (Å²) in [6.07, 6.45) is 5.18. The molecule has 126 valence electrons. The van der Waals surface area contributed by atoms with Gasteiger partial charge in [0.05, 0.1) is 13.3 Å². The fraction of sp³-hybridized carbons (Fsp3) is 0.375. The van der Waals surface area contributed by atoms with Crippen molar-refractivity contribution in [1.29, 1.82) is 0 Å². The molecule has 3 rings (SSSR count). The van der Waals surface area contributed by atoms with Gasteiger partial charge in [-0.2, -0.15) is 20.1 Å². The molecule has 1 N–H and O–H groups in total. The number of aromatic nitrogens is 3. The highest BCUT2D eigenvalue weighted by atomic mass is 35.5. The van der Waals surface area contributed by atoms with Crippen LogP contribution < -0.4 is 15.1 Å². The Kier molecular flexibility index (Phi) is 5.43. The molecule has 24 heavy (non-hydrogen) atoms. The smallest absolute Gasteiger partial charge is 0.322 e. The first-order valence-corrected chi connectivity index (χ1v) is 8.22. The maximum Gasteiger partial charge on any atom is 0.322 e. The van der Waals surface area contributed by atoms with Crippen molar-refractivity contribution >= 4 is 29.7 Å². The van der Waals surface area contributed by atoms with E-state index in [1.165, 1.54) is 13.5 Å². The van der Waals surface area contributed by atoms with Crippen LogP contribution in [0.3, 0.4) is 0 Å². The highest BCUT2D eigenvalue weighted by molar-refractivity contribution is 6.30. The maximum absolute atomic E-state index is 5.95. The summed E-state index contributed by atoms with van der Waals surface area (Å²) in [5.74, 6) is 0.961. The van der Waals surface area contributed by atoms with E-state index in [1.54, 1.807) is 6.21 Å². The maximum atomic E-state index is 5.95. The standard InChI is InChI=1S/C16H19ClN6O/c1-24-16-20-14(19-15(21-16)23-8-3-2-4-9-23)22-18-11-12-6-5-7-13(17)10-12/h5-7,10-11H,2-4,8-9H2,1H3,(H,19,20,21,22)/b18-11-. The first kappa shape index (κ1) is 16.4. The number of methoxy groups -OCH3 is 1. The third-order valence-electron chi connectivity index (χ3n) is 3.65. The molecule has 0 saturated carbocycles. The number of piperidine rings is 1. The Balaban J connectivity index is 1.74. The van der Waals surface area contributed by atoms with E-state index in [0.717, 1.165) is 31.5 Å². The molecule has 2 aromatic rings. The molecule has 0 aliphatic carbocycles. The number of anilines is 2. The Labute approximate surface area is 145 Å². The third kappa shape index (κ3) is 4.32. The summed E-state index contributed by atoms with van der Waals surface area (Å²) in [7, 11) is 1.54. The van der Waals surface area contributed by atoms with E-state index in [-0.39, 0.29) is 6.01 Å². The Bertz CT molecular complexity index is 717. The van der Waals surface area contributed by atoms with Crippen molar-refractivity contribution in [2.75, 3.05) is 30.5 Å². The van der Waals surface area contributed by atoms with E-state index in [4.69, 9.17) is 16.3 Å². The minimum atomic E-state index is 0.269. The lowest BCUT2D eigenvalue weighted by atomic mass is 10.1. The Morgan fingerprint density at radius 2 is 2.04 bits per heavy atom. The van der Waals surface area contributed by atoms with Crippen LogP contribution >= 0.6 is 11.6 Å². The van der Waals surface area contributed by atoms with E-state index >= 15 is 0 Å². The minimum absolute atomic E-state index is 0.269. The third-order valence-corrected chi connectivity index (χ3v) is 3.89. The zero-order chi connectivity index (χ0) is 16.8. The molecule has 1 saturated heterocycles. The van der Waals surface area contributed by atoms with Crippen molar-refractivity contribution < 1.29 is 4.74 Å². The molecule has 8 heteroatoms. The first-order valence-electron chi connectivity index (χ1n) is 7.84.